The van der Waals surface area contributed by atoms with E-state index in [9.17, 15) is 35.9 Å². The lowest BCUT2D eigenvalue weighted by Gasteiger charge is -2.36. The largest absolute Gasteiger partial charge is 0.405 e. The van der Waals surface area contributed by atoms with Gasteiger partial charge in [-0.3, -0.25) is 9.59 Å². The maximum absolute atomic E-state index is 14.3. The Morgan fingerprint density at radius 1 is 0.638 bits per heavy atom. The Balaban J connectivity index is 0.944. The first-order chi connectivity index (χ1) is 33.1. The van der Waals surface area contributed by atoms with Gasteiger partial charge < -0.3 is 46.3 Å². The summed E-state index contributed by atoms with van der Waals surface area (Å²) in [5, 5.41) is 3.46. The van der Waals surface area contributed by atoms with Crippen molar-refractivity contribution >= 4 is 46.3 Å². The van der Waals surface area contributed by atoms with E-state index in [1.807, 2.05) is 0 Å². The lowest BCUT2D eigenvalue weighted by molar-refractivity contribution is -0.164. The standard InChI is InChI=1S/C48H50F6N10O5/c49-47(50,51)25-61-23-33-37(63(39-9-1-3-17-67-39)59-43(33)31-13-11-27(19-35(31)61)29-7-5-15-57-45(29)55)21-41(65)69-42(66)22-38-34-24-62(26-48(52,53)54)36-20-28(30-8-6-16-58-46(30)56)12-14-32(36)44(34)60-64(38)40-10-2-4-18-68-40/h5-8,11-16,19-20,37-40,59-60H,1-4,9-10,17-18,21-26H2,(H2,55,57)(H2,56,58). The number of pyridine rings is 2. The first kappa shape index (κ1) is 46.3. The van der Waals surface area contributed by atoms with Crippen LogP contribution in [-0.2, 0) is 23.8 Å². The van der Waals surface area contributed by atoms with E-state index in [4.69, 9.17) is 25.7 Å². The maximum Gasteiger partial charge on any atom is 0.405 e. The molecule has 6 N–H and O–H groups in total. The van der Waals surface area contributed by atoms with Gasteiger partial charge in [0.25, 0.3) is 0 Å². The molecular weight excluding hydrogens is 911 g/mol. The molecule has 0 spiro atoms. The number of aromatic nitrogens is 2. The van der Waals surface area contributed by atoms with Crippen LogP contribution in [0, 0.1) is 0 Å². The van der Waals surface area contributed by atoms with Crippen LogP contribution >= 0.6 is 0 Å². The minimum atomic E-state index is -4.60. The van der Waals surface area contributed by atoms with Crippen molar-refractivity contribution < 1.29 is 50.1 Å². The Morgan fingerprint density at radius 2 is 1.07 bits per heavy atom. The Bertz CT molecular complexity index is 2520. The molecule has 2 fully saturated rings. The van der Waals surface area contributed by atoms with E-state index in [0.29, 0.717) is 93.4 Å². The fourth-order valence-corrected chi connectivity index (χ4v) is 10.4. The highest BCUT2D eigenvalue weighted by atomic mass is 19.4. The lowest BCUT2D eigenvalue weighted by Crippen LogP contribution is -2.51. The second kappa shape index (κ2) is 18.5. The van der Waals surface area contributed by atoms with Gasteiger partial charge in [-0.2, -0.15) is 36.4 Å². The molecule has 0 amide bonds. The van der Waals surface area contributed by atoms with Crippen LogP contribution in [0.4, 0.5) is 49.4 Å². The molecule has 4 aromatic rings. The number of esters is 2. The predicted molar refractivity (Wildman–Crippen MR) is 244 cm³/mol. The van der Waals surface area contributed by atoms with Crippen molar-refractivity contribution in [1.82, 2.24) is 30.8 Å². The molecular formula is C48H50F6N10O5. The maximum atomic E-state index is 14.3. The van der Waals surface area contributed by atoms with Crippen LogP contribution in [0.2, 0.25) is 0 Å². The van der Waals surface area contributed by atoms with Gasteiger partial charge in [0.1, 0.15) is 37.2 Å². The third-order valence-electron chi connectivity index (χ3n) is 13.5. The van der Waals surface area contributed by atoms with E-state index in [-0.39, 0.29) is 24.7 Å². The van der Waals surface area contributed by atoms with Gasteiger partial charge in [-0.15, -0.1) is 0 Å². The van der Waals surface area contributed by atoms with Gasteiger partial charge in [-0.1, -0.05) is 24.3 Å². The predicted octanol–water partition coefficient (Wildman–Crippen LogP) is 7.14. The summed E-state index contributed by atoms with van der Waals surface area (Å²) in [4.78, 5) is 38.9. The van der Waals surface area contributed by atoms with Gasteiger partial charge >= 0.3 is 24.3 Å². The molecule has 15 nitrogen and oxygen atoms in total. The van der Waals surface area contributed by atoms with Crippen molar-refractivity contribution in [3.8, 4) is 22.3 Å². The average Bonchev–Trinajstić information content (AvgIpc) is 3.86. The van der Waals surface area contributed by atoms with Crippen molar-refractivity contribution in [3.63, 3.8) is 0 Å². The normalized spacial score (nSPS) is 22.9. The molecule has 0 radical (unpaired) electrons. The number of carbonyl (C=O) groups excluding carboxylic acids is 2. The Hall–Kier alpha value is -6.42. The number of halogens is 6. The third-order valence-corrected chi connectivity index (χ3v) is 13.5. The summed E-state index contributed by atoms with van der Waals surface area (Å²) in [6.45, 7) is -2.17. The zero-order valence-corrected chi connectivity index (χ0v) is 37.3. The Kier molecular flexibility index (Phi) is 12.4. The first-order valence-electron chi connectivity index (χ1n) is 23.0. The highest BCUT2D eigenvalue weighted by Crippen LogP contribution is 2.46. The number of rotatable bonds is 10. The zero-order chi connectivity index (χ0) is 48.2. The molecule has 6 aliphatic rings. The van der Waals surface area contributed by atoms with E-state index in [1.54, 1.807) is 70.7 Å². The fraction of sp³-hybridized carbons (Fsp3) is 0.417. The van der Waals surface area contributed by atoms with Gasteiger partial charge in [-0.05, 0) is 97.2 Å². The van der Waals surface area contributed by atoms with E-state index >= 15 is 0 Å². The van der Waals surface area contributed by atoms with Crippen molar-refractivity contribution in [2.75, 3.05) is 60.7 Å². The van der Waals surface area contributed by atoms with E-state index in [1.165, 1.54) is 22.2 Å². The van der Waals surface area contributed by atoms with Crippen LogP contribution < -0.4 is 32.1 Å². The number of nitrogen functional groups attached to an aromatic ring is 2. The molecule has 10 rings (SSSR count). The van der Waals surface area contributed by atoms with E-state index in [2.05, 4.69) is 20.8 Å². The summed E-state index contributed by atoms with van der Waals surface area (Å²) in [7, 11) is 0. The van der Waals surface area contributed by atoms with Gasteiger partial charge in [-0.25, -0.2) is 9.97 Å². The van der Waals surface area contributed by atoms with Crippen LogP contribution in [-0.4, -0.2) is 108 Å². The van der Waals surface area contributed by atoms with Crippen LogP contribution in [0.5, 0.6) is 0 Å². The quantitative estimate of drug-likeness (QED) is 0.0716. The molecule has 0 saturated carbocycles. The Morgan fingerprint density at radius 3 is 1.45 bits per heavy atom. The van der Waals surface area contributed by atoms with Crippen LogP contribution in [0.15, 0.2) is 84.2 Å². The number of benzene rings is 2. The highest BCUT2D eigenvalue weighted by molar-refractivity contribution is 5.92. The number of nitrogens with zero attached hydrogens (tertiary/aromatic N) is 6. The summed E-state index contributed by atoms with van der Waals surface area (Å²) < 4.78 is 104. The number of hydrogen-bond donors (Lipinski definition) is 4. The SMILES string of the molecule is Nc1ncccc1-c1ccc2c(c1)N(CC(F)(F)F)CC1=C2NN(C2CCCCO2)C1CC(=O)OC(=O)CC1C2=C(NN1C1CCCCO1)c1ccc(-c3cccnc3N)cc1N(CC(F)(F)F)C2. The van der Waals surface area contributed by atoms with Gasteiger partial charge in [0, 0.05) is 72.3 Å². The minimum Gasteiger partial charge on any atom is -0.393 e. The number of ether oxygens (including phenoxy) is 3. The van der Waals surface area contributed by atoms with Crippen molar-refractivity contribution in [2.45, 2.75) is 88.3 Å². The summed E-state index contributed by atoms with van der Waals surface area (Å²) in [6.07, 6.45) is -3.78. The monoisotopic (exact) mass is 960 g/mol. The molecule has 4 unspecified atom stereocenters. The molecule has 6 aliphatic heterocycles. The summed E-state index contributed by atoms with van der Waals surface area (Å²) in [5.41, 5.74) is 24.8. The third kappa shape index (κ3) is 9.51. The molecule has 21 heteroatoms. The molecule has 2 aromatic carbocycles. The fourth-order valence-electron chi connectivity index (χ4n) is 10.4. The Labute approximate surface area is 393 Å². The minimum absolute atomic E-state index is 0.217. The number of nitrogens with one attached hydrogen (secondary N) is 2. The highest BCUT2D eigenvalue weighted by Gasteiger charge is 2.47. The van der Waals surface area contributed by atoms with Gasteiger partial charge in [0.2, 0.25) is 0 Å². The molecule has 4 atom stereocenters. The number of nitrogens with two attached hydrogens (primary N) is 2. The summed E-state index contributed by atoms with van der Waals surface area (Å²) in [6, 6.07) is 15.3. The van der Waals surface area contributed by atoms with E-state index < -0.39 is 74.8 Å². The van der Waals surface area contributed by atoms with Gasteiger partial charge in [0.15, 0.2) is 0 Å². The molecule has 364 valence electrons. The molecule has 2 saturated heterocycles. The number of hydrazine groups is 2. The summed E-state index contributed by atoms with van der Waals surface area (Å²) in [5.74, 6) is -1.44. The lowest BCUT2D eigenvalue weighted by atomic mass is 9.91. The molecule has 0 aliphatic carbocycles. The van der Waals surface area contributed by atoms with Gasteiger partial charge in [0.05, 0.1) is 36.3 Å². The summed E-state index contributed by atoms with van der Waals surface area (Å²) >= 11 is 0. The van der Waals surface area contributed by atoms with Crippen molar-refractivity contribution in [2.24, 2.45) is 0 Å². The van der Waals surface area contributed by atoms with Crippen molar-refractivity contribution in [3.05, 3.63) is 95.3 Å². The number of carbonyl (C=O) groups is 2. The van der Waals surface area contributed by atoms with Crippen LogP contribution in [0.1, 0.15) is 62.5 Å². The number of alkyl halides is 6. The average molecular weight is 961 g/mol. The van der Waals surface area contributed by atoms with Crippen LogP contribution in [0.3, 0.4) is 0 Å². The first-order valence-corrected chi connectivity index (χ1v) is 23.0. The second-order valence-corrected chi connectivity index (χ2v) is 18.0. The molecule has 0 bridgehead atoms. The molecule has 69 heavy (non-hydrogen) atoms. The second-order valence-electron chi connectivity index (χ2n) is 18.0. The zero-order valence-electron chi connectivity index (χ0n) is 37.3. The number of anilines is 4. The number of fused-ring (bicyclic) bond motifs is 4. The smallest absolute Gasteiger partial charge is 0.393 e. The number of hydrogen-bond acceptors (Lipinski definition) is 15. The topological polar surface area (TPSA) is 177 Å². The molecule has 2 aromatic heterocycles. The van der Waals surface area contributed by atoms with Crippen molar-refractivity contribution in [1.29, 1.82) is 0 Å². The molecule has 8 heterocycles. The van der Waals surface area contributed by atoms with E-state index in [0.717, 1.165) is 25.7 Å². The van der Waals surface area contributed by atoms with Crippen LogP contribution in [0.25, 0.3) is 33.6 Å².